The van der Waals surface area contributed by atoms with E-state index in [1.807, 2.05) is 49.6 Å². The van der Waals surface area contributed by atoms with Gasteiger partial charge in [0.2, 0.25) is 0 Å². The van der Waals surface area contributed by atoms with Crippen LogP contribution in [0.4, 0.5) is 5.69 Å². The molecule has 0 saturated carbocycles. The first kappa shape index (κ1) is 19.1. The van der Waals surface area contributed by atoms with E-state index in [0.717, 1.165) is 10.5 Å². The lowest BCUT2D eigenvalue weighted by atomic mass is 9.82. The van der Waals surface area contributed by atoms with Crippen molar-refractivity contribution in [3.63, 3.8) is 0 Å². The summed E-state index contributed by atoms with van der Waals surface area (Å²) in [7, 11) is 0. The topological polar surface area (TPSA) is 58.2 Å². The molecule has 132 valence electrons. The van der Waals surface area contributed by atoms with E-state index in [1.54, 1.807) is 17.8 Å². The molecule has 0 heterocycles. The molecule has 0 saturated heterocycles. The molecule has 0 radical (unpaired) electrons. The maximum absolute atomic E-state index is 12.1. The molecule has 0 spiro atoms. The third kappa shape index (κ3) is 5.10. The van der Waals surface area contributed by atoms with Crippen LogP contribution in [-0.2, 0) is 15.0 Å². The van der Waals surface area contributed by atoms with Gasteiger partial charge in [0.25, 0.3) is 0 Å². The second-order valence-electron chi connectivity index (χ2n) is 6.57. The van der Waals surface area contributed by atoms with Crippen molar-refractivity contribution in [3.05, 3.63) is 59.7 Å². The normalized spacial score (nSPS) is 11.0. The zero-order valence-electron chi connectivity index (χ0n) is 15.1. The molecule has 5 heteroatoms. The fraction of sp³-hybridized carbons (Fsp3) is 0.300. The molecule has 25 heavy (non-hydrogen) atoms. The average Bonchev–Trinajstić information content (AvgIpc) is 2.60. The van der Waals surface area contributed by atoms with Crippen LogP contribution < -0.4 is 10.6 Å². The zero-order valence-corrected chi connectivity index (χ0v) is 15.9. The quantitative estimate of drug-likeness (QED) is 0.634. The number of rotatable bonds is 5. The smallest absolute Gasteiger partial charge is 0.313 e. The number of carbonyl (C=O) groups is 2. The van der Waals surface area contributed by atoms with Crippen molar-refractivity contribution in [2.45, 2.75) is 31.1 Å². The number of anilines is 1. The first-order chi connectivity index (χ1) is 11.8. The standard InChI is InChI=1S/C20H24N2O2S/c1-14-8-5-6-11-17(14)20(2,3)13-21-18(23)19(24)22-15-9-7-10-16(12-15)25-4/h5-12H,13H2,1-4H3,(H,21,23)(H,22,24). The van der Waals surface area contributed by atoms with Crippen LogP contribution in [0.15, 0.2) is 53.4 Å². The van der Waals surface area contributed by atoms with Crippen LogP contribution >= 0.6 is 11.8 Å². The summed E-state index contributed by atoms with van der Waals surface area (Å²) in [4.78, 5) is 25.3. The van der Waals surface area contributed by atoms with Crippen LogP contribution in [0.5, 0.6) is 0 Å². The number of amides is 2. The zero-order chi connectivity index (χ0) is 18.4. The molecule has 0 unspecified atom stereocenters. The molecule has 0 aliphatic carbocycles. The minimum atomic E-state index is -0.654. The van der Waals surface area contributed by atoms with Gasteiger partial charge in [-0.15, -0.1) is 11.8 Å². The number of carbonyl (C=O) groups excluding carboxylic acids is 2. The third-order valence-corrected chi connectivity index (χ3v) is 4.82. The molecule has 0 aliphatic rings. The Morgan fingerprint density at radius 2 is 1.76 bits per heavy atom. The second kappa shape index (κ2) is 8.21. The van der Waals surface area contributed by atoms with E-state index in [9.17, 15) is 9.59 Å². The summed E-state index contributed by atoms with van der Waals surface area (Å²) in [5, 5.41) is 5.38. The first-order valence-corrected chi connectivity index (χ1v) is 9.35. The summed E-state index contributed by atoms with van der Waals surface area (Å²) in [6.45, 7) is 6.53. The summed E-state index contributed by atoms with van der Waals surface area (Å²) in [5.41, 5.74) is 2.67. The number of aryl methyl sites for hydroxylation is 1. The molecule has 2 amide bonds. The van der Waals surface area contributed by atoms with Gasteiger partial charge < -0.3 is 10.6 Å². The van der Waals surface area contributed by atoms with E-state index in [0.29, 0.717) is 12.2 Å². The van der Waals surface area contributed by atoms with Gasteiger partial charge in [-0.05, 0) is 42.5 Å². The van der Waals surface area contributed by atoms with Gasteiger partial charge in [0.15, 0.2) is 0 Å². The number of hydrogen-bond acceptors (Lipinski definition) is 3. The van der Waals surface area contributed by atoms with Gasteiger partial charge >= 0.3 is 11.8 Å². The van der Waals surface area contributed by atoms with E-state index < -0.39 is 11.8 Å². The Morgan fingerprint density at radius 1 is 1.04 bits per heavy atom. The summed E-state index contributed by atoms with van der Waals surface area (Å²) in [5.74, 6) is -1.28. The molecule has 0 aromatic heterocycles. The van der Waals surface area contributed by atoms with Crippen molar-refractivity contribution < 1.29 is 9.59 Å². The van der Waals surface area contributed by atoms with Crippen molar-refractivity contribution in [2.75, 3.05) is 18.1 Å². The molecular formula is C20H24N2O2S. The van der Waals surface area contributed by atoms with E-state index in [4.69, 9.17) is 0 Å². The number of benzene rings is 2. The lowest BCUT2D eigenvalue weighted by Crippen LogP contribution is -2.42. The highest BCUT2D eigenvalue weighted by atomic mass is 32.2. The average molecular weight is 356 g/mol. The minimum absolute atomic E-state index is 0.264. The number of thioether (sulfide) groups is 1. The van der Waals surface area contributed by atoms with Crippen LogP contribution in [0.25, 0.3) is 0 Å². The molecule has 2 aromatic carbocycles. The first-order valence-electron chi connectivity index (χ1n) is 8.13. The van der Waals surface area contributed by atoms with Crippen LogP contribution in [0.2, 0.25) is 0 Å². The second-order valence-corrected chi connectivity index (χ2v) is 7.45. The largest absolute Gasteiger partial charge is 0.347 e. The monoisotopic (exact) mass is 356 g/mol. The molecule has 2 N–H and O–H groups in total. The van der Waals surface area contributed by atoms with Gasteiger partial charge in [-0.25, -0.2) is 0 Å². The Morgan fingerprint density at radius 3 is 2.44 bits per heavy atom. The summed E-state index contributed by atoms with van der Waals surface area (Å²) < 4.78 is 0. The minimum Gasteiger partial charge on any atom is -0.347 e. The number of nitrogens with one attached hydrogen (secondary N) is 2. The molecule has 0 bridgehead atoms. The van der Waals surface area contributed by atoms with Gasteiger partial charge in [0.05, 0.1) is 0 Å². The highest BCUT2D eigenvalue weighted by Gasteiger charge is 2.24. The van der Waals surface area contributed by atoms with Crippen LogP contribution in [0.1, 0.15) is 25.0 Å². The van der Waals surface area contributed by atoms with Gasteiger partial charge in [-0.3, -0.25) is 9.59 Å². The molecule has 0 atom stereocenters. The lowest BCUT2D eigenvalue weighted by Gasteiger charge is -2.27. The number of hydrogen-bond donors (Lipinski definition) is 2. The molecule has 0 aliphatic heterocycles. The maximum Gasteiger partial charge on any atom is 0.313 e. The Bertz CT molecular complexity index is 772. The van der Waals surface area contributed by atoms with Crippen LogP contribution in [0.3, 0.4) is 0 Å². The predicted octanol–water partition coefficient (Wildman–Crippen LogP) is 3.75. The van der Waals surface area contributed by atoms with Crippen molar-refractivity contribution in [3.8, 4) is 0 Å². The Hall–Kier alpha value is -2.27. The summed E-state index contributed by atoms with van der Waals surface area (Å²) >= 11 is 1.58. The van der Waals surface area contributed by atoms with E-state index >= 15 is 0 Å². The summed E-state index contributed by atoms with van der Waals surface area (Å²) in [6.07, 6.45) is 1.96. The molecule has 4 nitrogen and oxygen atoms in total. The Balaban J connectivity index is 1.97. The maximum atomic E-state index is 12.1. The van der Waals surface area contributed by atoms with E-state index in [-0.39, 0.29) is 5.41 Å². The third-order valence-electron chi connectivity index (χ3n) is 4.10. The fourth-order valence-electron chi connectivity index (χ4n) is 2.70. The van der Waals surface area contributed by atoms with Crippen molar-refractivity contribution in [1.82, 2.24) is 5.32 Å². The van der Waals surface area contributed by atoms with Crippen molar-refractivity contribution in [1.29, 1.82) is 0 Å². The Kier molecular flexibility index (Phi) is 6.26. The van der Waals surface area contributed by atoms with Gasteiger partial charge in [0.1, 0.15) is 0 Å². The molecule has 0 fully saturated rings. The van der Waals surface area contributed by atoms with Gasteiger partial charge in [0, 0.05) is 22.5 Å². The van der Waals surface area contributed by atoms with E-state index in [1.165, 1.54) is 5.56 Å². The molecular weight excluding hydrogens is 332 g/mol. The van der Waals surface area contributed by atoms with Gasteiger partial charge in [-0.1, -0.05) is 44.2 Å². The lowest BCUT2D eigenvalue weighted by molar-refractivity contribution is -0.136. The van der Waals surface area contributed by atoms with Gasteiger partial charge in [-0.2, -0.15) is 0 Å². The van der Waals surface area contributed by atoms with Crippen molar-refractivity contribution >= 4 is 29.3 Å². The highest BCUT2D eigenvalue weighted by Crippen LogP contribution is 2.25. The van der Waals surface area contributed by atoms with Crippen molar-refractivity contribution in [2.24, 2.45) is 0 Å². The predicted molar refractivity (Wildman–Crippen MR) is 104 cm³/mol. The fourth-order valence-corrected chi connectivity index (χ4v) is 3.16. The van der Waals surface area contributed by atoms with Crippen LogP contribution in [0, 0.1) is 6.92 Å². The van der Waals surface area contributed by atoms with Crippen LogP contribution in [-0.4, -0.2) is 24.6 Å². The molecule has 2 rings (SSSR count). The Labute approximate surface area is 153 Å². The van der Waals surface area contributed by atoms with E-state index in [2.05, 4.69) is 30.5 Å². The SMILES string of the molecule is CSc1cccc(NC(=O)C(=O)NCC(C)(C)c2ccccc2C)c1. The summed E-state index contributed by atoms with van der Waals surface area (Å²) in [6, 6.07) is 15.5. The molecule has 2 aromatic rings. The highest BCUT2D eigenvalue weighted by molar-refractivity contribution is 7.98.